The van der Waals surface area contributed by atoms with Crippen LogP contribution in [0.1, 0.15) is 15.9 Å². The highest BCUT2D eigenvalue weighted by atomic mass is 32.1. The lowest BCUT2D eigenvalue weighted by molar-refractivity contribution is 0.0970. The Morgan fingerprint density at radius 3 is 2.67 bits per heavy atom. The first-order valence-electron chi connectivity index (χ1n) is 7.50. The zero-order valence-corrected chi connectivity index (χ0v) is 14.5. The van der Waals surface area contributed by atoms with Crippen LogP contribution in [0.25, 0.3) is 0 Å². The number of hydrogen-bond acceptors (Lipinski definition) is 4. The molecule has 5 nitrogen and oxygen atoms in total. The zero-order chi connectivity index (χ0) is 17.4. The molecule has 6 heteroatoms. The Morgan fingerprint density at radius 1 is 1.12 bits per heavy atom. The lowest BCUT2D eigenvalue weighted by Gasteiger charge is -2.13. The standard InChI is InChI=1S/C18H20N2O3S/c1-13-6-5-7-14(12-13)19-18(24)20-17(21)15-8-3-4-9-16(15)23-11-10-22-2/h3-9,12H,10-11H2,1-2H3,(H2,19,20,21,24). The van der Waals surface area contributed by atoms with E-state index in [1.54, 1.807) is 25.3 Å². The summed E-state index contributed by atoms with van der Waals surface area (Å²) < 4.78 is 10.5. The molecule has 1 amide bonds. The van der Waals surface area contributed by atoms with Crippen LogP contribution in [0.3, 0.4) is 0 Å². The minimum atomic E-state index is -0.326. The average Bonchev–Trinajstić information content (AvgIpc) is 2.55. The van der Waals surface area contributed by atoms with Gasteiger partial charge in [-0.2, -0.15) is 0 Å². The number of ether oxygens (including phenoxy) is 2. The number of thiocarbonyl (C=S) groups is 1. The highest BCUT2D eigenvalue weighted by Crippen LogP contribution is 2.18. The van der Waals surface area contributed by atoms with Crippen molar-refractivity contribution < 1.29 is 14.3 Å². The highest BCUT2D eigenvalue weighted by Gasteiger charge is 2.13. The van der Waals surface area contributed by atoms with E-state index >= 15 is 0 Å². The number of methoxy groups -OCH3 is 1. The smallest absolute Gasteiger partial charge is 0.261 e. The topological polar surface area (TPSA) is 59.6 Å². The molecule has 0 heterocycles. The van der Waals surface area contributed by atoms with Gasteiger partial charge < -0.3 is 14.8 Å². The van der Waals surface area contributed by atoms with Gasteiger partial charge >= 0.3 is 0 Å². The van der Waals surface area contributed by atoms with Crippen LogP contribution in [0.15, 0.2) is 48.5 Å². The van der Waals surface area contributed by atoms with Crippen LogP contribution in [0.2, 0.25) is 0 Å². The largest absolute Gasteiger partial charge is 0.490 e. The monoisotopic (exact) mass is 344 g/mol. The summed E-state index contributed by atoms with van der Waals surface area (Å²) in [7, 11) is 1.59. The van der Waals surface area contributed by atoms with Gasteiger partial charge in [0.15, 0.2) is 5.11 Å². The molecular weight excluding hydrogens is 324 g/mol. The molecule has 0 fully saturated rings. The van der Waals surface area contributed by atoms with Crippen molar-refractivity contribution in [2.45, 2.75) is 6.92 Å². The van der Waals surface area contributed by atoms with Gasteiger partial charge in [-0.05, 0) is 49.0 Å². The first kappa shape index (κ1) is 17.9. The van der Waals surface area contributed by atoms with Gasteiger partial charge in [-0.25, -0.2) is 0 Å². The van der Waals surface area contributed by atoms with E-state index in [-0.39, 0.29) is 11.0 Å². The van der Waals surface area contributed by atoms with Crippen molar-refractivity contribution in [1.29, 1.82) is 0 Å². The van der Waals surface area contributed by atoms with Crippen LogP contribution in [0.5, 0.6) is 5.75 Å². The molecule has 0 spiro atoms. The number of carbonyl (C=O) groups is 1. The van der Waals surface area contributed by atoms with Gasteiger partial charge in [-0.1, -0.05) is 24.3 Å². The predicted molar refractivity (Wildman–Crippen MR) is 98.7 cm³/mol. The van der Waals surface area contributed by atoms with E-state index < -0.39 is 0 Å². The molecule has 2 aromatic carbocycles. The fourth-order valence-electron chi connectivity index (χ4n) is 2.07. The lowest BCUT2D eigenvalue weighted by atomic mass is 10.2. The van der Waals surface area contributed by atoms with Crippen molar-refractivity contribution >= 4 is 28.9 Å². The SMILES string of the molecule is COCCOc1ccccc1C(=O)NC(=S)Nc1cccc(C)c1. The lowest BCUT2D eigenvalue weighted by Crippen LogP contribution is -2.34. The summed E-state index contributed by atoms with van der Waals surface area (Å²) in [5, 5.41) is 5.89. The quantitative estimate of drug-likeness (QED) is 0.623. The third-order valence-electron chi connectivity index (χ3n) is 3.18. The summed E-state index contributed by atoms with van der Waals surface area (Å²) in [5.74, 6) is 0.165. The van der Waals surface area contributed by atoms with Crippen LogP contribution >= 0.6 is 12.2 Å². The highest BCUT2D eigenvalue weighted by molar-refractivity contribution is 7.80. The van der Waals surface area contributed by atoms with Crippen LogP contribution < -0.4 is 15.4 Å². The Balaban J connectivity index is 2.00. The Hall–Kier alpha value is -2.44. The number of amides is 1. The fraction of sp³-hybridized carbons (Fsp3) is 0.222. The van der Waals surface area contributed by atoms with E-state index in [9.17, 15) is 4.79 Å². The van der Waals surface area contributed by atoms with Gasteiger partial charge in [0.2, 0.25) is 0 Å². The number of aryl methyl sites for hydroxylation is 1. The molecule has 0 bridgehead atoms. The third kappa shape index (κ3) is 5.33. The number of hydrogen-bond donors (Lipinski definition) is 2. The van der Waals surface area contributed by atoms with Crippen molar-refractivity contribution in [3.63, 3.8) is 0 Å². The maximum atomic E-state index is 12.4. The summed E-state index contributed by atoms with van der Waals surface area (Å²) in [6.07, 6.45) is 0. The van der Waals surface area contributed by atoms with Crippen LogP contribution in [-0.2, 0) is 4.74 Å². The number of carbonyl (C=O) groups excluding carboxylic acids is 1. The number of benzene rings is 2. The van der Waals surface area contributed by atoms with Crippen molar-refractivity contribution in [2.75, 3.05) is 25.6 Å². The zero-order valence-electron chi connectivity index (χ0n) is 13.7. The molecule has 0 radical (unpaired) electrons. The second kappa shape index (κ2) is 9.00. The van der Waals surface area contributed by atoms with Gasteiger partial charge in [0.1, 0.15) is 12.4 Å². The normalized spacial score (nSPS) is 10.1. The predicted octanol–water partition coefficient (Wildman–Crippen LogP) is 3.15. The van der Waals surface area contributed by atoms with Crippen molar-refractivity contribution in [3.05, 3.63) is 59.7 Å². The van der Waals surface area contributed by atoms with Crippen LogP contribution in [0.4, 0.5) is 5.69 Å². The first-order valence-corrected chi connectivity index (χ1v) is 7.90. The van der Waals surface area contributed by atoms with E-state index in [0.29, 0.717) is 24.5 Å². The van der Waals surface area contributed by atoms with E-state index in [1.165, 1.54) is 0 Å². The molecule has 2 N–H and O–H groups in total. The van der Waals surface area contributed by atoms with E-state index in [4.69, 9.17) is 21.7 Å². The maximum Gasteiger partial charge on any atom is 0.261 e. The van der Waals surface area contributed by atoms with Gasteiger partial charge in [-0.3, -0.25) is 10.1 Å². The Morgan fingerprint density at radius 2 is 1.92 bits per heavy atom. The van der Waals surface area contributed by atoms with Crippen molar-refractivity contribution in [3.8, 4) is 5.75 Å². The average molecular weight is 344 g/mol. The van der Waals surface area contributed by atoms with Crippen molar-refractivity contribution in [1.82, 2.24) is 5.32 Å². The molecular formula is C18H20N2O3S. The minimum Gasteiger partial charge on any atom is -0.490 e. The second-order valence-corrected chi connectivity index (χ2v) is 5.52. The fourth-order valence-corrected chi connectivity index (χ4v) is 2.28. The number of nitrogens with one attached hydrogen (secondary N) is 2. The molecule has 0 saturated carbocycles. The number of rotatable bonds is 6. The molecule has 0 saturated heterocycles. The summed E-state index contributed by atoms with van der Waals surface area (Å²) >= 11 is 5.20. The minimum absolute atomic E-state index is 0.234. The maximum absolute atomic E-state index is 12.4. The molecule has 126 valence electrons. The molecule has 0 aliphatic carbocycles. The summed E-state index contributed by atoms with van der Waals surface area (Å²) in [5.41, 5.74) is 2.35. The van der Waals surface area contributed by atoms with E-state index in [0.717, 1.165) is 11.3 Å². The first-order chi connectivity index (χ1) is 11.6. The molecule has 24 heavy (non-hydrogen) atoms. The summed E-state index contributed by atoms with van der Waals surface area (Å²) in [4.78, 5) is 12.4. The van der Waals surface area contributed by atoms with E-state index in [1.807, 2.05) is 37.3 Å². The molecule has 2 rings (SSSR count). The Kier molecular flexibility index (Phi) is 6.72. The molecule has 0 aliphatic rings. The number of para-hydroxylation sites is 1. The van der Waals surface area contributed by atoms with Gasteiger partial charge in [-0.15, -0.1) is 0 Å². The van der Waals surface area contributed by atoms with E-state index in [2.05, 4.69) is 10.6 Å². The van der Waals surface area contributed by atoms with Crippen LogP contribution in [0, 0.1) is 6.92 Å². The summed E-state index contributed by atoms with van der Waals surface area (Å²) in [6.45, 7) is 2.80. The molecule has 0 atom stereocenters. The van der Waals surface area contributed by atoms with Crippen LogP contribution in [-0.4, -0.2) is 31.3 Å². The van der Waals surface area contributed by atoms with Crippen molar-refractivity contribution in [2.24, 2.45) is 0 Å². The Labute approximate surface area is 147 Å². The number of anilines is 1. The molecule has 0 aromatic heterocycles. The third-order valence-corrected chi connectivity index (χ3v) is 3.38. The molecule has 0 unspecified atom stereocenters. The van der Waals surface area contributed by atoms with Gasteiger partial charge in [0.25, 0.3) is 5.91 Å². The van der Waals surface area contributed by atoms with Gasteiger partial charge in [0.05, 0.1) is 12.2 Å². The Bertz CT molecular complexity index is 719. The second-order valence-electron chi connectivity index (χ2n) is 5.12. The summed E-state index contributed by atoms with van der Waals surface area (Å²) in [6, 6.07) is 14.7. The molecule has 2 aromatic rings. The van der Waals surface area contributed by atoms with Gasteiger partial charge in [0, 0.05) is 12.8 Å². The molecule has 0 aliphatic heterocycles.